The Hall–Kier alpha value is -2.95. The summed E-state index contributed by atoms with van der Waals surface area (Å²) in [7, 11) is 0. The number of benzene rings is 3. The van der Waals surface area contributed by atoms with E-state index in [9.17, 15) is 9.90 Å². The molecule has 1 aliphatic rings. The van der Waals surface area contributed by atoms with Crippen LogP contribution >= 0.6 is 0 Å². The van der Waals surface area contributed by atoms with Crippen LogP contribution in [0.1, 0.15) is 43.9 Å². The fourth-order valence-corrected chi connectivity index (χ4v) is 4.49. The molecule has 2 N–H and O–H groups in total. The van der Waals surface area contributed by atoms with Gasteiger partial charge in [-0.15, -0.1) is 0 Å². The second kappa shape index (κ2) is 8.29. The lowest BCUT2D eigenvalue weighted by Crippen LogP contribution is -2.53. The van der Waals surface area contributed by atoms with E-state index in [0.717, 1.165) is 27.8 Å². The van der Waals surface area contributed by atoms with Gasteiger partial charge in [0.15, 0.2) is 0 Å². The molecule has 1 atom stereocenters. The summed E-state index contributed by atoms with van der Waals surface area (Å²) in [5.74, 6) is -0.362. The lowest BCUT2D eigenvalue weighted by molar-refractivity contribution is -0.158. The molecule has 0 saturated carbocycles. The maximum atomic E-state index is 13.1. The summed E-state index contributed by atoms with van der Waals surface area (Å²) < 4.78 is 5.71. The van der Waals surface area contributed by atoms with Crippen LogP contribution in [0.5, 0.6) is 0 Å². The van der Waals surface area contributed by atoms with Crippen LogP contribution in [0.2, 0.25) is 0 Å². The number of aliphatic hydroxyl groups is 1. The highest BCUT2D eigenvalue weighted by Crippen LogP contribution is 2.51. The molecule has 4 rings (SSSR count). The lowest BCUT2D eigenvalue weighted by atomic mass is 9.79. The minimum atomic E-state index is -0.731. The van der Waals surface area contributed by atoms with Gasteiger partial charge in [0, 0.05) is 6.61 Å². The van der Waals surface area contributed by atoms with Crippen molar-refractivity contribution in [1.82, 2.24) is 5.32 Å². The van der Waals surface area contributed by atoms with Crippen molar-refractivity contribution in [3.8, 4) is 11.1 Å². The molecule has 3 aromatic carbocycles. The molecule has 0 saturated heterocycles. The number of aliphatic hydroxyl groups excluding tert-OH is 1. The second-order valence-electron chi connectivity index (χ2n) is 8.95. The van der Waals surface area contributed by atoms with Crippen LogP contribution < -0.4 is 5.32 Å². The summed E-state index contributed by atoms with van der Waals surface area (Å²) >= 11 is 0. The Kier molecular flexibility index (Phi) is 5.69. The number of nitrogens with one attached hydrogen (secondary N) is 1. The first kappa shape index (κ1) is 21.3. The molecule has 0 fully saturated rings. The van der Waals surface area contributed by atoms with Crippen molar-refractivity contribution < 1.29 is 14.6 Å². The van der Waals surface area contributed by atoms with Crippen molar-refractivity contribution >= 4 is 5.97 Å². The molecule has 0 unspecified atom stereocenters. The van der Waals surface area contributed by atoms with Gasteiger partial charge >= 0.3 is 5.97 Å². The van der Waals surface area contributed by atoms with E-state index in [1.54, 1.807) is 0 Å². The molecule has 0 aromatic heterocycles. The van der Waals surface area contributed by atoms with Crippen LogP contribution in [0.25, 0.3) is 11.1 Å². The number of carbonyl (C=O) groups excluding carboxylic acids is 1. The first-order chi connectivity index (χ1) is 14.9. The lowest BCUT2D eigenvalue weighted by Gasteiger charge is -2.37. The Labute approximate surface area is 183 Å². The third-order valence-corrected chi connectivity index (χ3v) is 5.66. The van der Waals surface area contributed by atoms with Crippen molar-refractivity contribution in [3.05, 3.63) is 95.6 Å². The zero-order chi connectivity index (χ0) is 22.1. The topological polar surface area (TPSA) is 58.6 Å². The van der Waals surface area contributed by atoms with Crippen molar-refractivity contribution in [1.29, 1.82) is 0 Å². The van der Waals surface area contributed by atoms with E-state index in [1.807, 2.05) is 63.2 Å². The number of rotatable bonds is 6. The minimum Gasteiger partial charge on any atom is -0.459 e. The van der Waals surface area contributed by atoms with Crippen molar-refractivity contribution in [2.75, 3.05) is 6.61 Å². The van der Waals surface area contributed by atoms with Crippen LogP contribution in [-0.2, 0) is 15.1 Å². The first-order valence-corrected chi connectivity index (χ1v) is 10.7. The van der Waals surface area contributed by atoms with Gasteiger partial charge in [0.05, 0.1) is 5.54 Å². The molecule has 3 aromatic rings. The Morgan fingerprint density at radius 3 is 1.94 bits per heavy atom. The van der Waals surface area contributed by atoms with Crippen LogP contribution in [-0.4, -0.2) is 29.3 Å². The Morgan fingerprint density at radius 2 is 1.42 bits per heavy atom. The minimum absolute atomic E-state index is 0.120. The first-order valence-electron chi connectivity index (χ1n) is 10.7. The second-order valence-corrected chi connectivity index (χ2v) is 8.95. The highest BCUT2D eigenvalue weighted by Gasteiger charge is 2.46. The molecule has 4 nitrogen and oxygen atoms in total. The van der Waals surface area contributed by atoms with Gasteiger partial charge in [-0.3, -0.25) is 10.1 Å². The van der Waals surface area contributed by atoms with Crippen LogP contribution in [0.3, 0.4) is 0 Å². The average Bonchev–Trinajstić information content (AvgIpc) is 3.04. The highest BCUT2D eigenvalue weighted by atomic mass is 16.6. The summed E-state index contributed by atoms with van der Waals surface area (Å²) in [5, 5.41) is 13.4. The number of carbonyl (C=O) groups is 1. The molecule has 0 spiro atoms. The molecule has 0 radical (unpaired) electrons. The third kappa shape index (κ3) is 3.89. The number of hydrogen-bond acceptors (Lipinski definition) is 4. The average molecular weight is 416 g/mol. The van der Waals surface area contributed by atoms with E-state index >= 15 is 0 Å². The molecule has 1 aliphatic carbocycles. The van der Waals surface area contributed by atoms with Gasteiger partial charge < -0.3 is 9.84 Å². The van der Waals surface area contributed by atoms with E-state index in [1.165, 1.54) is 0 Å². The van der Waals surface area contributed by atoms with Crippen LogP contribution in [0.15, 0.2) is 78.9 Å². The molecule has 0 aliphatic heterocycles. The highest BCUT2D eigenvalue weighted by molar-refractivity contribution is 5.84. The normalized spacial score (nSPS) is 15.1. The van der Waals surface area contributed by atoms with Gasteiger partial charge in [0.25, 0.3) is 0 Å². The fraction of sp³-hybridized carbons (Fsp3) is 0.296. The zero-order valence-corrected chi connectivity index (χ0v) is 18.3. The van der Waals surface area contributed by atoms with Gasteiger partial charge in [-0.25, -0.2) is 0 Å². The van der Waals surface area contributed by atoms with Gasteiger partial charge in [0.2, 0.25) is 0 Å². The SMILES string of the molecule is CC(C)(C)OC(=O)[C@H](CCO)NC1(c2ccccc2)c2ccccc2-c2ccccc21. The van der Waals surface area contributed by atoms with E-state index in [0.29, 0.717) is 0 Å². The quantitative estimate of drug-likeness (QED) is 0.576. The number of ether oxygens (including phenoxy) is 1. The standard InChI is InChI=1S/C27H29NO3/c1-26(2,3)31-25(30)24(17-18-29)28-27(19-11-5-4-6-12-19)22-15-9-7-13-20(22)21-14-8-10-16-23(21)27/h4-16,24,28-29H,17-18H2,1-3H3/t24-/m0/s1. The molecule has 0 amide bonds. The number of esters is 1. The van der Waals surface area contributed by atoms with E-state index in [-0.39, 0.29) is 19.0 Å². The Balaban J connectivity index is 1.91. The fourth-order valence-electron chi connectivity index (χ4n) is 4.49. The predicted molar refractivity (Wildman–Crippen MR) is 123 cm³/mol. The molecule has 31 heavy (non-hydrogen) atoms. The Morgan fingerprint density at radius 1 is 0.903 bits per heavy atom. The van der Waals surface area contributed by atoms with Gasteiger partial charge in [0.1, 0.15) is 11.6 Å². The third-order valence-electron chi connectivity index (χ3n) is 5.66. The smallest absolute Gasteiger partial charge is 0.323 e. The van der Waals surface area contributed by atoms with E-state index in [4.69, 9.17) is 4.74 Å². The molecular weight excluding hydrogens is 386 g/mol. The monoisotopic (exact) mass is 415 g/mol. The van der Waals surface area contributed by atoms with Crippen molar-refractivity contribution in [3.63, 3.8) is 0 Å². The zero-order valence-electron chi connectivity index (χ0n) is 18.3. The van der Waals surface area contributed by atoms with Gasteiger partial charge in [-0.1, -0.05) is 78.9 Å². The van der Waals surface area contributed by atoms with E-state index in [2.05, 4.69) is 41.7 Å². The maximum absolute atomic E-state index is 13.1. The van der Waals surface area contributed by atoms with Crippen molar-refractivity contribution in [2.24, 2.45) is 0 Å². The van der Waals surface area contributed by atoms with Gasteiger partial charge in [-0.05, 0) is 55.0 Å². The maximum Gasteiger partial charge on any atom is 0.323 e. The number of fused-ring (bicyclic) bond motifs is 3. The van der Waals surface area contributed by atoms with E-state index < -0.39 is 17.2 Å². The molecule has 4 heteroatoms. The molecule has 160 valence electrons. The molecular formula is C27H29NO3. The summed E-state index contributed by atoms with van der Waals surface area (Å²) in [6.45, 7) is 5.45. The summed E-state index contributed by atoms with van der Waals surface area (Å²) in [6, 6.07) is 26.1. The number of hydrogen-bond donors (Lipinski definition) is 2. The van der Waals surface area contributed by atoms with Crippen LogP contribution in [0.4, 0.5) is 0 Å². The summed E-state index contributed by atoms with van der Waals surface area (Å²) in [5.41, 5.74) is 4.16. The van der Waals surface area contributed by atoms with Gasteiger partial charge in [-0.2, -0.15) is 0 Å². The largest absolute Gasteiger partial charge is 0.459 e. The Bertz CT molecular complexity index is 1020. The summed E-state index contributed by atoms with van der Waals surface area (Å²) in [4.78, 5) is 13.1. The molecule has 0 bridgehead atoms. The summed E-state index contributed by atoms with van der Waals surface area (Å²) in [6.07, 6.45) is 0.258. The molecule has 0 heterocycles. The van der Waals surface area contributed by atoms with Crippen LogP contribution in [0, 0.1) is 0 Å². The predicted octanol–water partition coefficient (Wildman–Crippen LogP) is 4.64. The van der Waals surface area contributed by atoms with Crippen molar-refractivity contribution in [2.45, 2.75) is 44.4 Å².